The topological polar surface area (TPSA) is 9.23 Å². The van der Waals surface area contributed by atoms with Gasteiger partial charge in [-0.25, -0.2) is 13.2 Å². The summed E-state index contributed by atoms with van der Waals surface area (Å²) in [6.07, 6.45) is 6.80. The molecule has 0 aliphatic heterocycles. The molecular weight excluding hydrogens is 313 g/mol. The van der Waals surface area contributed by atoms with Crippen LogP contribution in [0, 0.1) is 18.7 Å². The summed E-state index contributed by atoms with van der Waals surface area (Å²) in [5, 5.41) is 0. The second-order valence-corrected chi connectivity index (χ2v) is 7.02. The summed E-state index contributed by atoms with van der Waals surface area (Å²) in [6, 6.07) is 3.11. The van der Waals surface area contributed by atoms with Crippen molar-refractivity contribution < 1.29 is 17.9 Å². The van der Waals surface area contributed by atoms with Crippen LogP contribution in [0.1, 0.15) is 81.4 Å². The molecular formula is C20H29F3O. The Kier molecular flexibility index (Phi) is 7.60. The first-order valence-corrected chi connectivity index (χ1v) is 9.20. The molecule has 1 fully saturated rings. The summed E-state index contributed by atoms with van der Waals surface area (Å²) >= 11 is 0. The number of aryl methyl sites for hydroxylation is 1. The molecule has 0 spiro atoms. The summed E-state index contributed by atoms with van der Waals surface area (Å²) in [6.45, 7) is 3.81. The molecule has 136 valence electrons. The summed E-state index contributed by atoms with van der Waals surface area (Å²) in [5.74, 6) is -0.0174. The highest BCUT2D eigenvalue weighted by molar-refractivity contribution is 5.33. The van der Waals surface area contributed by atoms with E-state index in [0.29, 0.717) is 5.56 Å². The van der Waals surface area contributed by atoms with Crippen molar-refractivity contribution in [3.05, 3.63) is 34.6 Å². The molecule has 24 heavy (non-hydrogen) atoms. The minimum absolute atomic E-state index is 0.0804. The van der Waals surface area contributed by atoms with Crippen LogP contribution in [0.2, 0.25) is 0 Å². The van der Waals surface area contributed by atoms with Crippen LogP contribution in [0.15, 0.2) is 12.1 Å². The van der Waals surface area contributed by atoms with Gasteiger partial charge in [0.25, 0.3) is 6.43 Å². The summed E-state index contributed by atoms with van der Waals surface area (Å²) < 4.78 is 45.9. The van der Waals surface area contributed by atoms with Gasteiger partial charge in [-0.3, -0.25) is 0 Å². The van der Waals surface area contributed by atoms with E-state index in [1.165, 1.54) is 32.6 Å². The maximum absolute atomic E-state index is 14.2. The van der Waals surface area contributed by atoms with Crippen molar-refractivity contribution in [2.45, 2.75) is 84.4 Å². The van der Waals surface area contributed by atoms with Crippen molar-refractivity contribution >= 4 is 0 Å². The van der Waals surface area contributed by atoms with Crippen LogP contribution < -0.4 is 0 Å². The second-order valence-electron chi connectivity index (χ2n) is 7.02. The zero-order valence-electron chi connectivity index (χ0n) is 14.8. The van der Waals surface area contributed by atoms with Crippen LogP contribution in [0.4, 0.5) is 13.2 Å². The van der Waals surface area contributed by atoms with Crippen LogP contribution in [-0.2, 0) is 11.3 Å². The van der Waals surface area contributed by atoms with Crippen LogP contribution in [0.25, 0.3) is 0 Å². The number of unbranched alkanes of at least 4 members (excludes halogenated alkanes) is 2. The maximum atomic E-state index is 14.2. The number of benzene rings is 1. The fourth-order valence-corrected chi connectivity index (χ4v) is 3.59. The average molecular weight is 342 g/mol. The lowest BCUT2D eigenvalue weighted by molar-refractivity contribution is 0.00477. The number of ether oxygens (including phenoxy) is 1. The van der Waals surface area contributed by atoms with Crippen LogP contribution in [0.3, 0.4) is 0 Å². The van der Waals surface area contributed by atoms with Crippen molar-refractivity contribution in [2.24, 2.45) is 5.92 Å². The third-order valence-corrected chi connectivity index (χ3v) is 5.18. The molecule has 0 N–H and O–H groups in total. The minimum atomic E-state index is -2.79. The summed E-state index contributed by atoms with van der Waals surface area (Å²) in [7, 11) is 0. The van der Waals surface area contributed by atoms with Gasteiger partial charge < -0.3 is 4.74 Å². The van der Waals surface area contributed by atoms with E-state index in [-0.39, 0.29) is 18.3 Å². The van der Waals surface area contributed by atoms with Gasteiger partial charge in [0.05, 0.1) is 18.3 Å². The Morgan fingerprint density at radius 2 is 1.83 bits per heavy atom. The number of halogens is 3. The first-order valence-electron chi connectivity index (χ1n) is 9.20. The van der Waals surface area contributed by atoms with E-state index < -0.39 is 17.8 Å². The molecule has 1 aromatic rings. The highest BCUT2D eigenvalue weighted by Gasteiger charge is 2.23. The standard InChI is InChI=1S/C20H29F3O/c1-3-4-5-6-15-8-11-17(12-9-15)24-13-16-10-7-14(2)18(19(16)21)20(22)23/h7,10,15,17,20H,3-6,8-9,11-13H2,1-2H3. The molecule has 1 aromatic carbocycles. The highest BCUT2D eigenvalue weighted by atomic mass is 19.3. The van der Waals surface area contributed by atoms with Gasteiger partial charge in [-0.05, 0) is 44.1 Å². The zero-order chi connectivity index (χ0) is 17.5. The molecule has 0 aromatic heterocycles. The van der Waals surface area contributed by atoms with Gasteiger partial charge in [0.1, 0.15) is 5.82 Å². The maximum Gasteiger partial charge on any atom is 0.266 e. The van der Waals surface area contributed by atoms with Gasteiger partial charge in [0.15, 0.2) is 0 Å². The molecule has 1 aliphatic rings. The van der Waals surface area contributed by atoms with Crippen molar-refractivity contribution in [2.75, 3.05) is 0 Å². The quantitative estimate of drug-likeness (QED) is 0.476. The van der Waals surface area contributed by atoms with E-state index in [0.717, 1.165) is 31.6 Å². The molecule has 0 radical (unpaired) electrons. The molecule has 2 rings (SSSR count). The summed E-state index contributed by atoms with van der Waals surface area (Å²) in [4.78, 5) is 0. The fraction of sp³-hybridized carbons (Fsp3) is 0.700. The molecule has 1 aliphatic carbocycles. The smallest absolute Gasteiger partial charge is 0.266 e. The van der Waals surface area contributed by atoms with E-state index in [2.05, 4.69) is 6.92 Å². The highest BCUT2D eigenvalue weighted by Crippen LogP contribution is 2.32. The van der Waals surface area contributed by atoms with E-state index in [1.54, 1.807) is 12.1 Å². The number of rotatable bonds is 8. The molecule has 0 amide bonds. The lowest BCUT2D eigenvalue weighted by Crippen LogP contribution is -2.22. The fourth-order valence-electron chi connectivity index (χ4n) is 3.59. The second kappa shape index (κ2) is 9.45. The van der Waals surface area contributed by atoms with Crippen LogP contribution >= 0.6 is 0 Å². The van der Waals surface area contributed by atoms with Gasteiger partial charge in [-0.2, -0.15) is 0 Å². The molecule has 0 unspecified atom stereocenters. The van der Waals surface area contributed by atoms with E-state index in [1.807, 2.05) is 0 Å². The zero-order valence-corrected chi connectivity index (χ0v) is 14.8. The van der Waals surface area contributed by atoms with Crippen LogP contribution in [0.5, 0.6) is 0 Å². The van der Waals surface area contributed by atoms with Crippen molar-refractivity contribution in [3.8, 4) is 0 Å². The molecule has 0 atom stereocenters. The van der Waals surface area contributed by atoms with Crippen molar-refractivity contribution in [1.29, 1.82) is 0 Å². The normalized spacial score (nSPS) is 21.4. The largest absolute Gasteiger partial charge is 0.373 e. The lowest BCUT2D eigenvalue weighted by atomic mass is 9.84. The SMILES string of the molecule is CCCCCC1CCC(OCc2ccc(C)c(C(F)F)c2F)CC1. The predicted octanol–water partition coefficient (Wildman–Crippen LogP) is 6.73. The molecule has 1 nitrogen and oxygen atoms in total. The lowest BCUT2D eigenvalue weighted by Gasteiger charge is -2.28. The van der Waals surface area contributed by atoms with E-state index in [9.17, 15) is 13.2 Å². The number of hydrogen-bond donors (Lipinski definition) is 0. The Labute approximate surface area is 143 Å². The number of hydrogen-bond acceptors (Lipinski definition) is 1. The van der Waals surface area contributed by atoms with Gasteiger partial charge in [0, 0.05) is 5.56 Å². The molecule has 0 bridgehead atoms. The van der Waals surface area contributed by atoms with Gasteiger partial charge in [-0.1, -0.05) is 44.7 Å². The van der Waals surface area contributed by atoms with Crippen LogP contribution in [-0.4, -0.2) is 6.10 Å². The third-order valence-electron chi connectivity index (χ3n) is 5.18. The van der Waals surface area contributed by atoms with Crippen molar-refractivity contribution in [3.63, 3.8) is 0 Å². The van der Waals surface area contributed by atoms with E-state index in [4.69, 9.17) is 4.74 Å². The molecule has 0 heterocycles. The molecule has 0 saturated heterocycles. The first kappa shape index (κ1) is 19.3. The Hall–Kier alpha value is -1.03. The Morgan fingerprint density at radius 3 is 2.46 bits per heavy atom. The van der Waals surface area contributed by atoms with Gasteiger partial charge >= 0.3 is 0 Å². The molecule has 4 heteroatoms. The first-order chi connectivity index (χ1) is 11.5. The van der Waals surface area contributed by atoms with E-state index >= 15 is 0 Å². The Balaban J connectivity index is 1.82. The van der Waals surface area contributed by atoms with Gasteiger partial charge in [0.2, 0.25) is 0 Å². The number of alkyl halides is 2. The predicted molar refractivity (Wildman–Crippen MR) is 90.8 cm³/mol. The molecule has 1 saturated carbocycles. The average Bonchev–Trinajstić information content (AvgIpc) is 2.55. The van der Waals surface area contributed by atoms with Crippen molar-refractivity contribution in [1.82, 2.24) is 0 Å². The minimum Gasteiger partial charge on any atom is -0.373 e. The monoisotopic (exact) mass is 342 g/mol. The Bertz CT molecular complexity index is 508. The summed E-state index contributed by atoms with van der Waals surface area (Å²) in [5.41, 5.74) is 0.0375. The van der Waals surface area contributed by atoms with Gasteiger partial charge in [-0.15, -0.1) is 0 Å². The Morgan fingerprint density at radius 1 is 1.12 bits per heavy atom. The third kappa shape index (κ3) is 5.23.